The molecule has 1 aromatic rings. The van der Waals surface area contributed by atoms with Gasteiger partial charge in [0.25, 0.3) is 0 Å². The summed E-state index contributed by atoms with van der Waals surface area (Å²) in [5, 5.41) is 2.77. The molecule has 1 unspecified atom stereocenters. The minimum Gasteiger partial charge on any atom is -0.381 e. The van der Waals surface area contributed by atoms with Crippen LogP contribution in [0.5, 0.6) is 0 Å². The molecule has 0 aliphatic rings. The van der Waals surface area contributed by atoms with Gasteiger partial charge in [-0.25, -0.2) is 9.13 Å². The van der Waals surface area contributed by atoms with E-state index >= 15 is 0 Å². The van der Waals surface area contributed by atoms with Gasteiger partial charge in [-0.15, -0.1) is 0 Å². The highest BCUT2D eigenvalue weighted by atomic mass is 31.3. The van der Waals surface area contributed by atoms with Crippen molar-refractivity contribution in [3.8, 4) is 0 Å². The van der Waals surface area contributed by atoms with E-state index in [1.807, 2.05) is 6.08 Å². The van der Waals surface area contributed by atoms with E-state index in [0.717, 1.165) is 17.2 Å². The molecule has 13 heteroatoms. The molecule has 0 fully saturated rings. The van der Waals surface area contributed by atoms with E-state index < -0.39 is 34.0 Å². The molecule has 30 heavy (non-hydrogen) atoms. The number of halogens is 3. The van der Waals surface area contributed by atoms with E-state index in [4.69, 9.17) is 14.7 Å². The summed E-state index contributed by atoms with van der Waals surface area (Å²) in [4.78, 5) is 26.1. The number of phosphoric ester groups is 1. The lowest BCUT2D eigenvalue weighted by Gasteiger charge is -2.14. The highest BCUT2D eigenvalue weighted by molar-refractivity contribution is 7.60. The molecule has 0 heterocycles. The Morgan fingerprint density at radius 3 is 2.33 bits per heavy atom. The molecule has 0 saturated carbocycles. The van der Waals surface area contributed by atoms with Gasteiger partial charge in [0.15, 0.2) is 0 Å². The van der Waals surface area contributed by atoms with Crippen molar-refractivity contribution in [1.82, 2.24) is 0 Å². The standard InChI is InChI=1S/C17H24F3NO7P2/c1-13(10-11-27-30(25,26)28-29(22,23)24)6-5-7-14(2)12-21-16-9-4-3-8-15(16)17(18,19)20/h3-4,7-10,21H,5-6,11-12H2,1-2H3,(H,25,26)(H2,22,23,24)/b13-10+,14-7+. The molecule has 170 valence electrons. The Morgan fingerprint density at radius 2 is 1.73 bits per heavy atom. The molecule has 4 N–H and O–H groups in total. The van der Waals surface area contributed by atoms with Crippen LogP contribution in [0.1, 0.15) is 32.3 Å². The van der Waals surface area contributed by atoms with Gasteiger partial charge in [0.1, 0.15) is 0 Å². The number of phosphoric acid groups is 2. The molecule has 0 bridgehead atoms. The average Bonchev–Trinajstić information content (AvgIpc) is 2.57. The van der Waals surface area contributed by atoms with E-state index in [-0.39, 0.29) is 12.2 Å². The molecule has 0 amide bonds. The number of hydrogen-bond acceptors (Lipinski definition) is 5. The molecular weight excluding hydrogens is 449 g/mol. The lowest BCUT2D eigenvalue weighted by molar-refractivity contribution is -0.137. The number of anilines is 1. The first-order chi connectivity index (χ1) is 13.7. The number of nitrogens with one attached hydrogen (secondary N) is 1. The fourth-order valence-corrected chi connectivity index (χ4v) is 3.80. The smallest absolute Gasteiger partial charge is 0.381 e. The summed E-state index contributed by atoms with van der Waals surface area (Å²) < 4.78 is 68.8. The SMILES string of the molecule is C/C(=C\COP(=O)(O)OP(=O)(O)O)CC/C=C(\C)CNc1ccccc1C(F)(F)F. The van der Waals surface area contributed by atoms with Crippen LogP contribution in [0.25, 0.3) is 0 Å². The Balaban J connectivity index is 2.48. The van der Waals surface area contributed by atoms with Crippen LogP contribution in [-0.2, 0) is 24.1 Å². The molecule has 0 spiro atoms. The first-order valence-corrected chi connectivity index (χ1v) is 11.7. The van der Waals surface area contributed by atoms with Gasteiger partial charge in [-0.1, -0.05) is 35.4 Å². The zero-order chi connectivity index (χ0) is 23.0. The van der Waals surface area contributed by atoms with Crippen molar-refractivity contribution in [3.05, 3.63) is 53.1 Å². The third-order valence-corrected chi connectivity index (χ3v) is 5.85. The van der Waals surface area contributed by atoms with E-state index in [2.05, 4.69) is 14.2 Å². The van der Waals surface area contributed by atoms with E-state index in [1.54, 1.807) is 13.8 Å². The summed E-state index contributed by atoms with van der Waals surface area (Å²) >= 11 is 0. The van der Waals surface area contributed by atoms with Crippen molar-refractivity contribution in [2.24, 2.45) is 0 Å². The Hall–Kier alpha value is -1.45. The Labute approximate surface area is 172 Å². The third-order valence-electron chi connectivity index (χ3n) is 3.70. The van der Waals surface area contributed by atoms with Gasteiger partial charge in [-0.2, -0.15) is 17.5 Å². The molecule has 1 rings (SSSR count). The third kappa shape index (κ3) is 11.1. The molecule has 0 saturated heterocycles. The van der Waals surface area contributed by atoms with Gasteiger partial charge in [-0.05, 0) is 38.8 Å². The molecule has 1 aromatic carbocycles. The van der Waals surface area contributed by atoms with Gasteiger partial charge in [0.2, 0.25) is 0 Å². The topological polar surface area (TPSA) is 125 Å². The minimum atomic E-state index is -5.16. The second-order valence-electron chi connectivity index (χ2n) is 6.37. The van der Waals surface area contributed by atoms with Gasteiger partial charge in [-0.3, -0.25) is 4.52 Å². The quantitative estimate of drug-likeness (QED) is 0.261. The van der Waals surface area contributed by atoms with Crippen LogP contribution < -0.4 is 5.32 Å². The fraction of sp³-hybridized carbons (Fsp3) is 0.412. The Bertz CT molecular complexity index is 865. The van der Waals surface area contributed by atoms with E-state index in [1.165, 1.54) is 24.3 Å². The van der Waals surface area contributed by atoms with Crippen LogP contribution in [0.15, 0.2) is 47.6 Å². The van der Waals surface area contributed by atoms with Crippen molar-refractivity contribution in [1.29, 1.82) is 0 Å². The monoisotopic (exact) mass is 473 g/mol. The van der Waals surface area contributed by atoms with E-state index in [9.17, 15) is 22.3 Å². The summed E-state index contributed by atoms with van der Waals surface area (Å²) in [6.45, 7) is 3.33. The largest absolute Gasteiger partial charge is 0.481 e. The maximum Gasteiger partial charge on any atom is 0.481 e. The predicted octanol–water partition coefficient (Wildman–Crippen LogP) is 5.02. The van der Waals surface area contributed by atoms with Crippen molar-refractivity contribution < 1.29 is 45.8 Å². The Kier molecular flexibility index (Phi) is 9.97. The molecule has 8 nitrogen and oxygen atoms in total. The van der Waals surface area contributed by atoms with Crippen LogP contribution in [0.4, 0.5) is 18.9 Å². The maximum atomic E-state index is 13.0. The van der Waals surface area contributed by atoms with Crippen molar-refractivity contribution >= 4 is 21.3 Å². The van der Waals surface area contributed by atoms with Crippen LogP contribution in [-0.4, -0.2) is 27.8 Å². The molecular formula is C17H24F3NO7P2. The number of rotatable bonds is 11. The average molecular weight is 473 g/mol. The van der Waals surface area contributed by atoms with Crippen LogP contribution in [0.3, 0.4) is 0 Å². The lowest BCUT2D eigenvalue weighted by atomic mass is 10.1. The van der Waals surface area contributed by atoms with Crippen LogP contribution in [0, 0.1) is 0 Å². The summed E-state index contributed by atoms with van der Waals surface area (Å²) in [5.74, 6) is 0. The van der Waals surface area contributed by atoms with Gasteiger partial charge >= 0.3 is 21.8 Å². The summed E-state index contributed by atoms with van der Waals surface area (Å²) in [7, 11) is -10.0. The molecule has 0 aromatic heterocycles. The van der Waals surface area contributed by atoms with Crippen molar-refractivity contribution in [2.75, 3.05) is 18.5 Å². The van der Waals surface area contributed by atoms with Crippen molar-refractivity contribution in [2.45, 2.75) is 32.9 Å². The van der Waals surface area contributed by atoms with E-state index in [0.29, 0.717) is 12.8 Å². The first kappa shape index (κ1) is 26.6. The number of para-hydroxylation sites is 1. The summed E-state index contributed by atoms with van der Waals surface area (Å²) in [5.41, 5.74) is 0.856. The number of alkyl halides is 3. The Morgan fingerprint density at radius 1 is 1.10 bits per heavy atom. The summed E-state index contributed by atoms with van der Waals surface area (Å²) in [6.07, 6.45) is -0.0519. The normalized spacial score (nSPS) is 15.7. The zero-order valence-electron chi connectivity index (χ0n) is 16.3. The highest BCUT2D eigenvalue weighted by Gasteiger charge is 2.33. The predicted molar refractivity (Wildman–Crippen MR) is 106 cm³/mol. The second-order valence-corrected chi connectivity index (χ2v) is 9.20. The first-order valence-electron chi connectivity index (χ1n) is 8.65. The number of allylic oxidation sites excluding steroid dienone is 2. The lowest BCUT2D eigenvalue weighted by Crippen LogP contribution is -2.11. The maximum absolute atomic E-state index is 13.0. The number of hydrogen-bond donors (Lipinski definition) is 4. The van der Waals surface area contributed by atoms with Crippen LogP contribution in [0.2, 0.25) is 0 Å². The molecule has 0 aliphatic heterocycles. The molecule has 1 atom stereocenters. The van der Waals surface area contributed by atoms with Gasteiger partial charge in [0, 0.05) is 12.2 Å². The van der Waals surface area contributed by atoms with Gasteiger partial charge < -0.3 is 20.0 Å². The fourth-order valence-electron chi connectivity index (χ4n) is 2.27. The zero-order valence-corrected chi connectivity index (χ0v) is 18.1. The van der Waals surface area contributed by atoms with Crippen molar-refractivity contribution in [3.63, 3.8) is 0 Å². The number of benzene rings is 1. The minimum absolute atomic E-state index is 0.00284. The second kappa shape index (κ2) is 11.2. The summed E-state index contributed by atoms with van der Waals surface area (Å²) in [6, 6.07) is 5.21. The van der Waals surface area contributed by atoms with Crippen LogP contribution >= 0.6 is 15.6 Å². The molecule has 0 aliphatic carbocycles. The van der Waals surface area contributed by atoms with Gasteiger partial charge in [0.05, 0.1) is 12.2 Å². The highest BCUT2D eigenvalue weighted by Crippen LogP contribution is 2.57. The molecule has 0 radical (unpaired) electrons.